The van der Waals surface area contributed by atoms with Crippen molar-refractivity contribution in [3.8, 4) is 5.69 Å². The highest BCUT2D eigenvalue weighted by Gasteiger charge is 2.22. The van der Waals surface area contributed by atoms with E-state index in [1.165, 1.54) is 17.5 Å². The quantitative estimate of drug-likeness (QED) is 0.732. The minimum absolute atomic E-state index is 0.620. The maximum atomic E-state index is 4.31. The van der Waals surface area contributed by atoms with Crippen molar-refractivity contribution in [2.45, 2.75) is 32.1 Å². The molecular formula is C20H23N5. The Morgan fingerprint density at radius 1 is 0.920 bits per heavy atom. The summed E-state index contributed by atoms with van der Waals surface area (Å²) < 4.78 is 1.85. The van der Waals surface area contributed by atoms with Crippen molar-refractivity contribution in [2.75, 3.05) is 18.0 Å². The Hall–Kier alpha value is -2.69. The van der Waals surface area contributed by atoms with E-state index < -0.39 is 0 Å². The number of aromatic nitrogens is 4. The second kappa shape index (κ2) is 7.05. The maximum Gasteiger partial charge on any atom is 0.250 e. The summed E-state index contributed by atoms with van der Waals surface area (Å²) in [7, 11) is 0. The molecule has 1 atom stereocenters. The van der Waals surface area contributed by atoms with Gasteiger partial charge >= 0.3 is 0 Å². The van der Waals surface area contributed by atoms with Gasteiger partial charge in [-0.3, -0.25) is 0 Å². The molecule has 0 unspecified atom stereocenters. The Balaban J connectivity index is 1.54. The van der Waals surface area contributed by atoms with Crippen LogP contribution in [0.3, 0.4) is 0 Å². The molecule has 0 spiro atoms. The molecule has 1 fully saturated rings. The molecule has 0 radical (unpaired) electrons. The maximum absolute atomic E-state index is 4.31. The number of anilines is 1. The van der Waals surface area contributed by atoms with Gasteiger partial charge < -0.3 is 4.90 Å². The van der Waals surface area contributed by atoms with Crippen LogP contribution >= 0.6 is 0 Å². The zero-order valence-electron chi connectivity index (χ0n) is 14.5. The molecule has 2 aromatic carbocycles. The van der Waals surface area contributed by atoms with E-state index >= 15 is 0 Å². The van der Waals surface area contributed by atoms with Crippen molar-refractivity contribution < 1.29 is 0 Å². The lowest BCUT2D eigenvalue weighted by atomic mass is 9.92. The summed E-state index contributed by atoms with van der Waals surface area (Å²) in [6.07, 6.45) is 3.50. The molecule has 3 aromatic rings. The van der Waals surface area contributed by atoms with E-state index in [1.54, 1.807) is 0 Å². The Bertz CT molecular complexity index is 810. The summed E-state index contributed by atoms with van der Waals surface area (Å²) >= 11 is 0. The van der Waals surface area contributed by atoms with E-state index in [-0.39, 0.29) is 0 Å². The topological polar surface area (TPSA) is 46.8 Å². The molecule has 5 heteroatoms. The first-order valence-electron chi connectivity index (χ1n) is 8.96. The third kappa shape index (κ3) is 3.40. The fourth-order valence-corrected chi connectivity index (χ4v) is 3.59. The van der Waals surface area contributed by atoms with Crippen molar-refractivity contribution >= 4 is 5.95 Å². The standard InChI is InChI=1S/C20H23N5/c1-16-9-11-19(12-10-16)25-20(21-22-23-25)24-14-5-8-18(13-15-24)17-6-3-2-4-7-17/h2-4,6-7,9-12,18H,5,8,13-15H2,1H3/t18-/m1/s1. The van der Waals surface area contributed by atoms with E-state index in [9.17, 15) is 0 Å². The van der Waals surface area contributed by atoms with Crippen LogP contribution in [-0.4, -0.2) is 33.3 Å². The molecule has 1 aliphatic rings. The lowest BCUT2D eigenvalue weighted by Crippen LogP contribution is -2.27. The van der Waals surface area contributed by atoms with Crippen LogP contribution in [0.5, 0.6) is 0 Å². The average molecular weight is 333 g/mol. The van der Waals surface area contributed by atoms with Crippen LogP contribution in [0.15, 0.2) is 54.6 Å². The molecule has 0 aliphatic carbocycles. The number of nitrogens with zero attached hydrogens (tertiary/aromatic N) is 5. The third-order valence-electron chi connectivity index (χ3n) is 5.01. The van der Waals surface area contributed by atoms with Crippen LogP contribution in [0.1, 0.15) is 36.3 Å². The summed E-state index contributed by atoms with van der Waals surface area (Å²) in [5.74, 6) is 1.47. The molecule has 1 saturated heterocycles. The second-order valence-corrected chi connectivity index (χ2v) is 6.75. The van der Waals surface area contributed by atoms with Gasteiger partial charge in [0.1, 0.15) is 0 Å². The van der Waals surface area contributed by atoms with Crippen LogP contribution in [0.4, 0.5) is 5.95 Å². The zero-order valence-corrected chi connectivity index (χ0v) is 14.5. The first kappa shape index (κ1) is 15.8. The molecule has 0 amide bonds. The predicted molar refractivity (Wildman–Crippen MR) is 99.1 cm³/mol. The van der Waals surface area contributed by atoms with Crippen LogP contribution in [-0.2, 0) is 0 Å². The highest BCUT2D eigenvalue weighted by Crippen LogP contribution is 2.29. The van der Waals surface area contributed by atoms with Gasteiger partial charge in [-0.1, -0.05) is 53.1 Å². The van der Waals surface area contributed by atoms with Crippen molar-refractivity contribution in [1.82, 2.24) is 20.2 Å². The Labute approximate surface area is 148 Å². The first-order valence-corrected chi connectivity index (χ1v) is 8.96. The molecule has 1 aliphatic heterocycles. The van der Waals surface area contributed by atoms with E-state index in [1.807, 2.05) is 4.68 Å². The number of benzene rings is 2. The van der Waals surface area contributed by atoms with Gasteiger partial charge in [0.25, 0.3) is 0 Å². The summed E-state index contributed by atoms with van der Waals surface area (Å²) in [5.41, 5.74) is 3.69. The predicted octanol–water partition coefficient (Wildman–Crippen LogP) is 3.74. The summed E-state index contributed by atoms with van der Waals surface area (Å²) in [5, 5.41) is 12.4. The summed E-state index contributed by atoms with van der Waals surface area (Å²) in [6, 6.07) is 19.2. The Morgan fingerprint density at radius 3 is 2.52 bits per heavy atom. The minimum Gasteiger partial charge on any atom is -0.339 e. The number of hydrogen-bond acceptors (Lipinski definition) is 4. The van der Waals surface area contributed by atoms with Gasteiger partial charge in [-0.2, -0.15) is 4.68 Å². The molecule has 0 bridgehead atoms. The Morgan fingerprint density at radius 2 is 1.72 bits per heavy atom. The smallest absolute Gasteiger partial charge is 0.250 e. The molecule has 2 heterocycles. The fourth-order valence-electron chi connectivity index (χ4n) is 3.59. The number of hydrogen-bond donors (Lipinski definition) is 0. The van der Waals surface area contributed by atoms with Gasteiger partial charge in [0.15, 0.2) is 0 Å². The van der Waals surface area contributed by atoms with Gasteiger partial charge in [0.05, 0.1) is 5.69 Å². The van der Waals surface area contributed by atoms with Gasteiger partial charge in [-0.25, -0.2) is 0 Å². The van der Waals surface area contributed by atoms with E-state index in [4.69, 9.17) is 0 Å². The lowest BCUT2D eigenvalue weighted by molar-refractivity contribution is 0.611. The number of tetrazole rings is 1. The number of aryl methyl sites for hydroxylation is 1. The van der Waals surface area contributed by atoms with Gasteiger partial charge in [0.2, 0.25) is 5.95 Å². The van der Waals surface area contributed by atoms with Crippen LogP contribution in [0, 0.1) is 6.92 Å². The molecule has 4 rings (SSSR count). The third-order valence-corrected chi connectivity index (χ3v) is 5.01. The van der Waals surface area contributed by atoms with Crippen LogP contribution in [0.25, 0.3) is 5.69 Å². The molecule has 25 heavy (non-hydrogen) atoms. The lowest BCUT2D eigenvalue weighted by Gasteiger charge is -2.21. The average Bonchev–Trinajstić information content (AvgIpc) is 3.01. The van der Waals surface area contributed by atoms with Crippen molar-refractivity contribution in [1.29, 1.82) is 0 Å². The highest BCUT2D eigenvalue weighted by atomic mass is 15.6. The normalized spacial score (nSPS) is 18.1. The highest BCUT2D eigenvalue weighted by molar-refractivity contribution is 5.42. The van der Waals surface area contributed by atoms with Crippen molar-refractivity contribution in [2.24, 2.45) is 0 Å². The molecule has 5 nitrogen and oxygen atoms in total. The summed E-state index contributed by atoms with van der Waals surface area (Å²) in [6.45, 7) is 4.06. The Kier molecular flexibility index (Phi) is 4.46. The minimum atomic E-state index is 0.620. The van der Waals surface area contributed by atoms with E-state index in [0.29, 0.717) is 5.92 Å². The van der Waals surface area contributed by atoms with Gasteiger partial charge in [-0.15, -0.1) is 0 Å². The molecule has 0 saturated carbocycles. The monoisotopic (exact) mass is 333 g/mol. The largest absolute Gasteiger partial charge is 0.339 e. The first-order chi connectivity index (χ1) is 12.3. The summed E-state index contributed by atoms with van der Waals surface area (Å²) in [4.78, 5) is 2.32. The van der Waals surface area contributed by atoms with E-state index in [2.05, 4.69) is 81.9 Å². The van der Waals surface area contributed by atoms with Crippen molar-refractivity contribution in [3.05, 3.63) is 65.7 Å². The fraction of sp³-hybridized carbons (Fsp3) is 0.350. The van der Waals surface area contributed by atoms with Gasteiger partial charge in [0, 0.05) is 13.1 Å². The zero-order chi connectivity index (χ0) is 17.1. The molecule has 128 valence electrons. The van der Waals surface area contributed by atoms with Crippen molar-refractivity contribution in [3.63, 3.8) is 0 Å². The molecule has 0 N–H and O–H groups in total. The number of rotatable bonds is 3. The van der Waals surface area contributed by atoms with Crippen LogP contribution in [0.2, 0.25) is 0 Å². The SMILES string of the molecule is Cc1ccc(-n2nnnc2N2CCC[C@@H](c3ccccc3)CC2)cc1. The molecular weight excluding hydrogens is 310 g/mol. The van der Waals surface area contributed by atoms with Crippen LogP contribution < -0.4 is 4.90 Å². The van der Waals surface area contributed by atoms with E-state index in [0.717, 1.165) is 37.6 Å². The molecule has 1 aromatic heterocycles. The van der Waals surface area contributed by atoms with Gasteiger partial charge in [-0.05, 0) is 60.2 Å². The second-order valence-electron chi connectivity index (χ2n) is 6.75.